The van der Waals surface area contributed by atoms with Crippen molar-refractivity contribution in [2.75, 3.05) is 6.54 Å². The van der Waals surface area contributed by atoms with E-state index in [-0.39, 0.29) is 0 Å². The zero-order chi connectivity index (χ0) is 8.81. The van der Waals surface area contributed by atoms with Gasteiger partial charge >= 0.3 is 0 Å². The second-order valence-electron chi connectivity index (χ2n) is 3.73. The van der Waals surface area contributed by atoms with Crippen molar-refractivity contribution in [3.63, 3.8) is 0 Å². The first kappa shape index (κ1) is 9.54. The fourth-order valence-electron chi connectivity index (χ4n) is 1.90. The highest BCUT2D eigenvalue weighted by molar-refractivity contribution is 4.80. The summed E-state index contributed by atoms with van der Waals surface area (Å²) in [5, 5.41) is 11.8. The number of rotatable bonds is 4. The molecule has 1 rings (SSSR count). The number of nitrogens with zero attached hydrogens (tertiary/aromatic N) is 1. The van der Waals surface area contributed by atoms with E-state index in [2.05, 4.69) is 18.3 Å². The van der Waals surface area contributed by atoms with Crippen LogP contribution in [0.25, 0.3) is 0 Å². The van der Waals surface area contributed by atoms with Crippen LogP contribution in [0.2, 0.25) is 0 Å². The van der Waals surface area contributed by atoms with Crippen LogP contribution in [0, 0.1) is 17.2 Å². The maximum absolute atomic E-state index is 8.33. The van der Waals surface area contributed by atoms with Crippen LogP contribution >= 0.6 is 0 Å². The molecular weight excluding hydrogens is 148 g/mol. The molecule has 1 aliphatic carbocycles. The summed E-state index contributed by atoms with van der Waals surface area (Å²) in [6.45, 7) is 3.33. The van der Waals surface area contributed by atoms with E-state index < -0.39 is 0 Å². The molecule has 2 atom stereocenters. The van der Waals surface area contributed by atoms with Gasteiger partial charge in [-0.1, -0.05) is 13.3 Å². The normalized spacial score (nSPS) is 28.7. The molecule has 0 radical (unpaired) electrons. The second kappa shape index (κ2) is 5.16. The number of hydrogen-bond acceptors (Lipinski definition) is 2. The lowest BCUT2D eigenvalue weighted by molar-refractivity contribution is 0.425. The van der Waals surface area contributed by atoms with Gasteiger partial charge in [0.1, 0.15) is 0 Å². The summed E-state index contributed by atoms with van der Waals surface area (Å²) in [6, 6.07) is 2.89. The number of hydrogen-bond donors (Lipinski definition) is 1. The van der Waals surface area contributed by atoms with Gasteiger partial charge in [0.15, 0.2) is 0 Å². The Morgan fingerprint density at radius 3 is 2.92 bits per heavy atom. The predicted octanol–water partition coefficient (Wildman–Crippen LogP) is 2.07. The average Bonchev–Trinajstić information content (AvgIpc) is 2.46. The molecule has 1 saturated carbocycles. The third-order valence-corrected chi connectivity index (χ3v) is 2.73. The third kappa shape index (κ3) is 2.83. The van der Waals surface area contributed by atoms with Crippen LogP contribution in [0.15, 0.2) is 0 Å². The van der Waals surface area contributed by atoms with Gasteiger partial charge in [-0.05, 0) is 31.7 Å². The second-order valence-corrected chi connectivity index (χ2v) is 3.73. The van der Waals surface area contributed by atoms with Crippen molar-refractivity contribution in [2.45, 2.75) is 45.1 Å². The maximum atomic E-state index is 8.33. The maximum Gasteiger partial charge on any atom is 0.0622 e. The SMILES string of the molecule is CC1CCCC1NCCCC#N. The summed E-state index contributed by atoms with van der Waals surface area (Å²) in [4.78, 5) is 0. The summed E-state index contributed by atoms with van der Waals surface area (Å²) in [7, 11) is 0. The van der Waals surface area contributed by atoms with E-state index in [1.807, 2.05) is 0 Å². The molecule has 0 spiro atoms. The van der Waals surface area contributed by atoms with E-state index in [0.29, 0.717) is 6.42 Å². The van der Waals surface area contributed by atoms with Gasteiger partial charge in [0.2, 0.25) is 0 Å². The van der Waals surface area contributed by atoms with Crippen molar-refractivity contribution < 1.29 is 0 Å². The summed E-state index contributed by atoms with van der Waals surface area (Å²) >= 11 is 0. The summed E-state index contributed by atoms with van der Waals surface area (Å²) in [5.41, 5.74) is 0. The first-order valence-electron chi connectivity index (χ1n) is 4.95. The topological polar surface area (TPSA) is 35.8 Å². The predicted molar refractivity (Wildman–Crippen MR) is 49.7 cm³/mol. The molecule has 1 aliphatic rings. The van der Waals surface area contributed by atoms with E-state index in [0.717, 1.165) is 24.9 Å². The van der Waals surface area contributed by atoms with Gasteiger partial charge < -0.3 is 5.32 Å². The Hall–Kier alpha value is -0.550. The lowest BCUT2D eigenvalue weighted by Crippen LogP contribution is -2.31. The van der Waals surface area contributed by atoms with E-state index >= 15 is 0 Å². The van der Waals surface area contributed by atoms with E-state index in [1.165, 1.54) is 19.3 Å². The summed E-state index contributed by atoms with van der Waals surface area (Å²) in [6.07, 6.45) is 5.76. The van der Waals surface area contributed by atoms with Gasteiger partial charge in [0, 0.05) is 12.5 Å². The molecule has 68 valence electrons. The summed E-state index contributed by atoms with van der Waals surface area (Å²) in [5.74, 6) is 0.840. The minimum absolute atomic E-state index is 0.689. The lowest BCUT2D eigenvalue weighted by atomic mass is 10.1. The van der Waals surface area contributed by atoms with Gasteiger partial charge in [0.05, 0.1) is 6.07 Å². The molecule has 1 fully saturated rings. The Kier molecular flexibility index (Phi) is 4.10. The van der Waals surface area contributed by atoms with E-state index in [1.54, 1.807) is 0 Å². The Morgan fingerprint density at radius 1 is 1.50 bits per heavy atom. The highest BCUT2D eigenvalue weighted by atomic mass is 14.9. The molecular formula is C10H18N2. The fourth-order valence-corrected chi connectivity index (χ4v) is 1.90. The molecule has 0 heterocycles. The molecule has 12 heavy (non-hydrogen) atoms. The standard InChI is InChI=1S/C10H18N2/c1-9-5-4-6-10(9)12-8-3-2-7-11/h9-10,12H,2-6,8H2,1H3. The first-order valence-corrected chi connectivity index (χ1v) is 4.95. The van der Waals surface area contributed by atoms with Gasteiger partial charge in [-0.2, -0.15) is 5.26 Å². The van der Waals surface area contributed by atoms with Crippen LogP contribution in [0.4, 0.5) is 0 Å². The Balaban J connectivity index is 2.03. The van der Waals surface area contributed by atoms with Crippen molar-refractivity contribution >= 4 is 0 Å². The van der Waals surface area contributed by atoms with Gasteiger partial charge in [0.25, 0.3) is 0 Å². The quantitative estimate of drug-likeness (QED) is 0.649. The zero-order valence-electron chi connectivity index (χ0n) is 7.84. The number of unbranched alkanes of at least 4 members (excludes halogenated alkanes) is 1. The van der Waals surface area contributed by atoms with E-state index in [4.69, 9.17) is 5.26 Å². The molecule has 2 nitrogen and oxygen atoms in total. The molecule has 2 heteroatoms. The fraction of sp³-hybridized carbons (Fsp3) is 0.900. The van der Waals surface area contributed by atoms with Crippen LogP contribution in [-0.4, -0.2) is 12.6 Å². The first-order chi connectivity index (χ1) is 5.84. The highest BCUT2D eigenvalue weighted by Gasteiger charge is 2.21. The minimum atomic E-state index is 0.689. The average molecular weight is 166 g/mol. The van der Waals surface area contributed by atoms with E-state index in [9.17, 15) is 0 Å². The minimum Gasteiger partial charge on any atom is -0.314 e. The molecule has 0 aromatic heterocycles. The molecule has 2 unspecified atom stereocenters. The number of nitriles is 1. The highest BCUT2D eigenvalue weighted by Crippen LogP contribution is 2.24. The third-order valence-electron chi connectivity index (χ3n) is 2.73. The molecule has 0 bridgehead atoms. The van der Waals surface area contributed by atoms with Gasteiger partial charge in [-0.15, -0.1) is 0 Å². The smallest absolute Gasteiger partial charge is 0.0622 e. The zero-order valence-corrected chi connectivity index (χ0v) is 7.84. The van der Waals surface area contributed by atoms with Crippen LogP contribution in [-0.2, 0) is 0 Å². The van der Waals surface area contributed by atoms with Crippen molar-refractivity contribution in [3.05, 3.63) is 0 Å². The Bertz CT molecular complexity index is 160. The molecule has 0 aliphatic heterocycles. The van der Waals surface area contributed by atoms with Gasteiger partial charge in [-0.3, -0.25) is 0 Å². The van der Waals surface area contributed by atoms with Crippen molar-refractivity contribution in [1.29, 1.82) is 5.26 Å². The largest absolute Gasteiger partial charge is 0.314 e. The molecule has 1 N–H and O–H groups in total. The molecule has 0 aromatic carbocycles. The van der Waals surface area contributed by atoms with Crippen LogP contribution in [0.3, 0.4) is 0 Å². The van der Waals surface area contributed by atoms with Crippen LogP contribution in [0.5, 0.6) is 0 Å². The van der Waals surface area contributed by atoms with Crippen LogP contribution < -0.4 is 5.32 Å². The molecule has 0 amide bonds. The monoisotopic (exact) mass is 166 g/mol. The van der Waals surface area contributed by atoms with Crippen molar-refractivity contribution in [1.82, 2.24) is 5.32 Å². The van der Waals surface area contributed by atoms with Gasteiger partial charge in [-0.25, -0.2) is 0 Å². The summed E-state index contributed by atoms with van der Waals surface area (Å²) < 4.78 is 0. The Labute approximate surface area is 75.0 Å². The van der Waals surface area contributed by atoms with Crippen LogP contribution in [0.1, 0.15) is 39.0 Å². The van der Waals surface area contributed by atoms with Crippen molar-refractivity contribution in [3.8, 4) is 6.07 Å². The lowest BCUT2D eigenvalue weighted by Gasteiger charge is -2.16. The molecule has 0 saturated heterocycles. The van der Waals surface area contributed by atoms with Crippen molar-refractivity contribution in [2.24, 2.45) is 5.92 Å². The Morgan fingerprint density at radius 2 is 2.33 bits per heavy atom. The molecule has 0 aromatic rings. The number of nitrogens with one attached hydrogen (secondary N) is 1.